The van der Waals surface area contributed by atoms with Crippen LogP contribution in [0, 0.1) is 11.3 Å². The van der Waals surface area contributed by atoms with Crippen molar-refractivity contribution >= 4 is 11.9 Å². The highest BCUT2D eigenvalue weighted by atomic mass is 16.5. The molecule has 1 aliphatic carbocycles. The van der Waals surface area contributed by atoms with Crippen molar-refractivity contribution in [2.24, 2.45) is 17.1 Å². The van der Waals surface area contributed by atoms with Crippen LogP contribution in [0.25, 0.3) is 0 Å². The number of rotatable bonds is 6. The van der Waals surface area contributed by atoms with Gasteiger partial charge in [0.25, 0.3) is 0 Å². The summed E-state index contributed by atoms with van der Waals surface area (Å²) in [5.74, 6) is -0.0597. The van der Waals surface area contributed by atoms with Gasteiger partial charge in [-0.15, -0.1) is 0 Å². The van der Waals surface area contributed by atoms with Crippen LogP contribution in [0.2, 0.25) is 0 Å². The molecular weight excluding hydrogens is 256 g/mol. The molecule has 2 atom stereocenters. The van der Waals surface area contributed by atoms with Gasteiger partial charge in [-0.2, -0.15) is 0 Å². The third-order valence-electron chi connectivity index (χ3n) is 4.02. The summed E-state index contributed by atoms with van der Waals surface area (Å²) in [6.07, 6.45) is 2.64. The molecule has 1 aliphatic rings. The van der Waals surface area contributed by atoms with Gasteiger partial charge in [0.1, 0.15) is 6.54 Å². The molecule has 0 saturated heterocycles. The average molecular weight is 284 g/mol. The number of esters is 1. The molecule has 0 aromatic heterocycles. The number of hydrogen-bond acceptors (Lipinski definition) is 4. The second-order valence-electron chi connectivity index (χ2n) is 6.30. The van der Waals surface area contributed by atoms with Gasteiger partial charge in [-0.25, -0.2) is 0 Å². The van der Waals surface area contributed by atoms with Gasteiger partial charge in [-0.3, -0.25) is 9.59 Å². The normalized spacial score (nSPS) is 25.8. The van der Waals surface area contributed by atoms with E-state index in [0.29, 0.717) is 19.1 Å². The number of carbonyl (C=O) groups excluding carboxylic acids is 2. The Morgan fingerprint density at radius 1 is 1.45 bits per heavy atom. The minimum atomic E-state index is -0.540. The van der Waals surface area contributed by atoms with Gasteiger partial charge in [0.2, 0.25) is 5.91 Å². The predicted molar refractivity (Wildman–Crippen MR) is 78.0 cm³/mol. The van der Waals surface area contributed by atoms with Crippen molar-refractivity contribution in [2.45, 2.75) is 53.0 Å². The van der Waals surface area contributed by atoms with Gasteiger partial charge in [0.15, 0.2) is 0 Å². The van der Waals surface area contributed by atoms with E-state index in [2.05, 4.69) is 0 Å². The second kappa shape index (κ2) is 7.07. The lowest BCUT2D eigenvalue weighted by Crippen LogP contribution is -2.51. The van der Waals surface area contributed by atoms with Crippen LogP contribution < -0.4 is 5.73 Å². The lowest BCUT2D eigenvalue weighted by Gasteiger charge is -2.34. The molecule has 1 rings (SSSR count). The molecule has 2 N–H and O–H groups in total. The minimum Gasteiger partial charge on any atom is -0.465 e. The van der Waals surface area contributed by atoms with Crippen molar-refractivity contribution < 1.29 is 14.3 Å². The summed E-state index contributed by atoms with van der Waals surface area (Å²) < 4.78 is 4.96. The van der Waals surface area contributed by atoms with Crippen LogP contribution in [0.4, 0.5) is 0 Å². The summed E-state index contributed by atoms with van der Waals surface area (Å²) in [5, 5.41) is 0. The molecule has 0 aromatic rings. The summed E-state index contributed by atoms with van der Waals surface area (Å²) in [7, 11) is 0. The van der Waals surface area contributed by atoms with Crippen LogP contribution >= 0.6 is 0 Å². The van der Waals surface area contributed by atoms with E-state index in [4.69, 9.17) is 10.5 Å². The molecule has 0 aromatic carbocycles. The first-order valence-electron chi connectivity index (χ1n) is 7.51. The molecule has 0 spiro atoms. The SMILES string of the molecule is CCOC(=O)CN(CC(C)C)C(=O)C1(C)CCCC1N. The van der Waals surface area contributed by atoms with Gasteiger partial charge >= 0.3 is 5.97 Å². The van der Waals surface area contributed by atoms with E-state index < -0.39 is 5.41 Å². The summed E-state index contributed by atoms with van der Waals surface area (Å²) in [6, 6.07) is -0.119. The molecule has 0 aliphatic heterocycles. The zero-order valence-electron chi connectivity index (χ0n) is 13.1. The number of nitrogens with zero attached hydrogens (tertiary/aromatic N) is 1. The molecule has 0 radical (unpaired) electrons. The lowest BCUT2D eigenvalue weighted by atomic mass is 9.83. The van der Waals surface area contributed by atoms with Gasteiger partial charge in [0, 0.05) is 12.6 Å². The zero-order valence-corrected chi connectivity index (χ0v) is 13.1. The molecule has 1 fully saturated rings. The molecule has 1 amide bonds. The van der Waals surface area contributed by atoms with E-state index >= 15 is 0 Å². The number of nitrogens with two attached hydrogens (primary N) is 1. The first kappa shape index (κ1) is 17.0. The van der Waals surface area contributed by atoms with Crippen molar-refractivity contribution in [2.75, 3.05) is 19.7 Å². The molecule has 2 unspecified atom stereocenters. The summed E-state index contributed by atoms with van der Waals surface area (Å²) in [4.78, 5) is 26.1. The summed E-state index contributed by atoms with van der Waals surface area (Å²) >= 11 is 0. The number of hydrogen-bond donors (Lipinski definition) is 1. The quantitative estimate of drug-likeness (QED) is 0.751. The number of carbonyl (C=O) groups is 2. The monoisotopic (exact) mass is 284 g/mol. The van der Waals surface area contributed by atoms with Gasteiger partial charge in [-0.1, -0.05) is 20.3 Å². The maximum Gasteiger partial charge on any atom is 0.325 e. The fourth-order valence-corrected chi connectivity index (χ4v) is 2.84. The van der Waals surface area contributed by atoms with E-state index in [1.54, 1.807) is 11.8 Å². The average Bonchev–Trinajstić information content (AvgIpc) is 2.69. The molecule has 0 bridgehead atoms. The maximum absolute atomic E-state index is 12.8. The van der Waals surface area contributed by atoms with E-state index in [9.17, 15) is 9.59 Å². The zero-order chi connectivity index (χ0) is 15.3. The summed E-state index contributed by atoms with van der Waals surface area (Å²) in [5.41, 5.74) is 5.57. The predicted octanol–water partition coefficient (Wildman–Crippen LogP) is 1.55. The highest BCUT2D eigenvalue weighted by Crippen LogP contribution is 2.38. The van der Waals surface area contributed by atoms with Gasteiger partial charge in [0.05, 0.1) is 12.0 Å². The first-order chi connectivity index (χ1) is 9.31. The summed E-state index contributed by atoms with van der Waals surface area (Å²) in [6.45, 7) is 8.66. The van der Waals surface area contributed by atoms with Crippen LogP contribution in [-0.4, -0.2) is 42.5 Å². The second-order valence-corrected chi connectivity index (χ2v) is 6.30. The standard InChI is InChI=1S/C15H28N2O3/c1-5-20-13(18)10-17(9-11(2)3)14(19)15(4)8-6-7-12(15)16/h11-12H,5-10,16H2,1-4H3. The van der Waals surface area contributed by atoms with E-state index in [1.165, 1.54) is 0 Å². The van der Waals surface area contributed by atoms with E-state index in [-0.39, 0.29) is 24.5 Å². The lowest BCUT2D eigenvalue weighted by molar-refractivity contribution is -0.153. The smallest absolute Gasteiger partial charge is 0.325 e. The van der Waals surface area contributed by atoms with Crippen LogP contribution in [0.1, 0.15) is 47.0 Å². The number of ether oxygens (including phenoxy) is 1. The Bertz CT molecular complexity index is 357. The Hall–Kier alpha value is -1.10. The fraction of sp³-hybridized carbons (Fsp3) is 0.867. The van der Waals surface area contributed by atoms with E-state index in [1.807, 2.05) is 20.8 Å². The largest absolute Gasteiger partial charge is 0.465 e. The Kier molecular flexibility index (Phi) is 5.99. The van der Waals surface area contributed by atoms with E-state index in [0.717, 1.165) is 19.3 Å². The van der Waals surface area contributed by atoms with Crippen molar-refractivity contribution in [3.05, 3.63) is 0 Å². The minimum absolute atomic E-state index is 0.00995. The van der Waals surface area contributed by atoms with Crippen LogP contribution in [0.5, 0.6) is 0 Å². The first-order valence-corrected chi connectivity index (χ1v) is 7.51. The highest BCUT2D eigenvalue weighted by Gasteiger charge is 2.45. The highest BCUT2D eigenvalue weighted by molar-refractivity contribution is 5.87. The molecule has 0 heterocycles. The maximum atomic E-state index is 12.8. The molecule has 20 heavy (non-hydrogen) atoms. The molecular formula is C15H28N2O3. The Morgan fingerprint density at radius 2 is 2.10 bits per heavy atom. The number of amides is 1. The van der Waals surface area contributed by atoms with Gasteiger partial charge in [-0.05, 0) is 32.6 Å². The molecule has 116 valence electrons. The van der Waals surface area contributed by atoms with Crippen LogP contribution in [-0.2, 0) is 14.3 Å². The Morgan fingerprint density at radius 3 is 2.55 bits per heavy atom. The molecule has 5 nitrogen and oxygen atoms in total. The molecule has 5 heteroatoms. The molecule has 1 saturated carbocycles. The fourth-order valence-electron chi connectivity index (χ4n) is 2.84. The topological polar surface area (TPSA) is 72.6 Å². The Balaban J connectivity index is 2.81. The third kappa shape index (κ3) is 3.95. The van der Waals surface area contributed by atoms with Crippen LogP contribution in [0.15, 0.2) is 0 Å². The van der Waals surface area contributed by atoms with Crippen molar-refractivity contribution in [3.63, 3.8) is 0 Å². The van der Waals surface area contributed by atoms with Gasteiger partial charge < -0.3 is 15.4 Å². The van der Waals surface area contributed by atoms with Crippen LogP contribution in [0.3, 0.4) is 0 Å². The van der Waals surface area contributed by atoms with Crippen molar-refractivity contribution in [1.29, 1.82) is 0 Å². The third-order valence-corrected chi connectivity index (χ3v) is 4.02. The Labute approximate surface area is 121 Å². The van der Waals surface area contributed by atoms with Crippen molar-refractivity contribution in [1.82, 2.24) is 4.90 Å². The van der Waals surface area contributed by atoms with Crippen molar-refractivity contribution in [3.8, 4) is 0 Å².